The van der Waals surface area contributed by atoms with Crippen LogP contribution in [0.5, 0.6) is 0 Å². The van der Waals surface area contributed by atoms with Crippen molar-refractivity contribution in [3.05, 3.63) is 30.6 Å². The number of aromatic nitrogens is 1. The van der Waals surface area contributed by atoms with Crippen LogP contribution < -0.4 is 0 Å². The maximum absolute atomic E-state index is 4.28. The molecule has 1 aromatic heterocycles. The zero-order chi connectivity index (χ0) is 7.82. The Labute approximate surface area is 75.6 Å². The molecule has 0 bridgehead atoms. The van der Waals surface area contributed by atoms with E-state index in [1.165, 1.54) is 0 Å². The van der Waals surface area contributed by atoms with E-state index < -0.39 is 6.57 Å². The topological polar surface area (TPSA) is 12.9 Å². The number of rotatable bonds is 0. The average Bonchev–Trinajstić information content (AvgIpc) is 1.90. The largest absolute Gasteiger partial charge is 0.265 e. The Bertz CT molecular complexity index is 216. The van der Waals surface area contributed by atoms with Gasteiger partial charge in [-0.3, -0.25) is 4.98 Å². The fourth-order valence-electron chi connectivity index (χ4n) is 0.313. The fraction of sp³-hybridized carbons (Fsp3) is 0. The first-order valence-electron chi connectivity index (χ1n) is 2.35. The molecule has 0 unspecified atom stereocenters. The molecule has 54 valence electrons. The summed E-state index contributed by atoms with van der Waals surface area (Å²) in [6.07, 6.45) is 3.50. The minimum absolute atomic E-state index is 0.611. The molecule has 1 aromatic rings. The van der Waals surface area contributed by atoms with Gasteiger partial charge in [0.1, 0.15) is 0 Å². The molecular weight excluding hydrogens is 202 g/mol. The fourth-order valence-corrected chi connectivity index (χ4v) is 0.313. The van der Waals surface area contributed by atoms with Crippen molar-refractivity contribution in [2.75, 3.05) is 0 Å². The van der Waals surface area contributed by atoms with Crippen molar-refractivity contribution in [2.45, 2.75) is 0 Å². The first-order valence-corrected chi connectivity index (χ1v) is 6.35. The maximum Gasteiger partial charge on any atom is 0.0267 e. The van der Waals surface area contributed by atoms with Gasteiger partial charge in [0.25, 0.3) is 0 Å². The molecule has 0 spiro atoms. The first kappa shape index (κ1) is 10.0. The van der Waals surface area contributed by atoms with Gasteiger partial charge in [0.15, 0.2) is 0 Å². The summed E-state index contributed by atoms with van der Waals surface area (Å²) in [4.78, 5) is 3.78. The van der Waals surface area contributed by atoms with Gasteiger partial charge in [0.2, 0.25) is 0 Å². The Morgan fingerprint density at radius 3 is 1.40 bits per heavy atom. The second-order valence-corrected chi connectivity index (χ2v) is 6.54. The Hall–Kier alpha value is 0.0300. The highest BCUT2D eigenvalue weighted by Crippen LogP contribution is 1.73. The molecule has 0 fully saturated rings. The molecule has 0 amide bonds. The first-order chi connectivity index (χ1) is 4.73. The van der Waals surface area contributed by atoms with Gasteiger partial charge in [-0.2, -0.15) is 0 Å². The van der Waals surface area contributed by atoms with Crippen LogP contribution in [0.15, 0.2) is 30.6 Å². The minimum atomic E-state index is -0.611. The Morgan fingerprint density at radius 2 is 1.30 bits per heavy atom. The second kappa shape index (κ2) is 7.14. The molecule has 0 saturated heterocycles. The summed E-state index contributed by atoms with van der Waals surface area (Å²) in [7, 11) is 0. The Balaban J connectivity index is 0.000000180. The zero-order valence-corrected chi connectivity index (χ0v) is 8.23. The molecule has 0 N–H and O–H groups in total. The SMILES string of the molecule is S=S(=S)=S.c1ccncc1. The Kier molecular flexibility index (Phi) is 7.16. The predicted molar refractivity (Wildman–Crippen MR) is 53.7 cm³/mol. The van der Waals surface area contributed by atoms with E-state index in [1.54, 1.807) is 12.4 Å². The van der Waals surface area contributed by atoms with E-state index in [2.05, 4.69) is 38.5 Å². The Morgan fingerprint density at radius 1 is 0.900 bits per heavy atom. The lowest BCUT2D eigenvalue weighted by Gasteiger charge is -1.70. The quantitative estimate of drug-likeness (QED) is 0.631. The van der Waals surface area contributed by atoms with E-state index in [9.17, 15) is 0 Å². The predicted octanol–water partition coefficient (Wildman–Crippen LogP) is 1.07. The van der Waals surface area contributed by atoms with Crippen molar-refractivity contribution in [2.24, 2.45) is 0 Å². The van der Waals surface area contributed by atoms with Crippen molar-refractivity contribution in [1.82, 2.24) is 4.98 Å². The van der Waals surface area contributed by atoms with Crippen molar-refractivity contribution in [1.29, 1.82) is 0 Å². The van der Waals surface area contributed by atoms with Gasteiger partial charge in [-0.1, -0.05) is 6.07 Å². The number of hydrogen-bond donors (Lipinski definition) is 0. The highest BCUT2D eigenvalue weighted by Gasteiger charge is 1.58. The van der Waals surface area contributed by atoms with E-state index in [-0.39, 0.29) is 0 Å². The third kappa shape index (κ3) is 10.9. The minimum Gasteiger partial charge on any atom is -0.265 e. The molecule has 10 heavy (non-hydrogen) atoms. The molecule has 1 heterocycles. The number of pyridine rings is 1. The molecule has 5 heteroatoms. The average molecular weight is 207 g/mol. The highest BCUT2D eigenvalue weighted by atomic mass is 33.3. The van der Waals surface area contributed by atoms with Crippen LogP contribution in [0, 0.1) is 0 Å². The molecule has 0 atom stereocenters. The molecule has 0 aromatic carbocycles. The summed E-state index contributed by atoms with van der Waals surface area (Å²) in [5.74, 6) is 0. The van der Waals surface area contributed by atoms with Gasteiger partial charge in [-0.15, -0.1) is 0 Å². The van der Waals surface area contributed by atoms with Crippen molar-refractivity contribution < 1.29 is 0 Å². The second-order valence-electron chi connectivity index (χ2n) is 1.23. The third-order valence-electron chi connectivity index (χ3n) is 0.566. The maximum atomic E-state index is 4.28. The van der Waals surface area contributed by atoms with Crippen LogP contribution >= 0.6 is 0 Å². The molecule has 0 aliphatic heterocycles. The zero-order valence-electron chi connectivity index (χ0n) is 4.97. The molecule has 1 nitrogen and oxygen atoms in total. The van der Waals surface area contributed by atoms with Gasteiger partial charge in [0, 0.05) is 52.5 Å². The molecular formula is C5H5NS4. The summed E-state index contributed by atoms with van der Waals surface area (Å²) < 4.78 is 0. The van der Waals surface area contributed by atoms with E-state index in [0.29, 0.717) is 0 Å². The molecule has 0 aliphatic carbocycles. The van der Waals surface area contributed by atoms with Crippen LogP contribution in [-0.2, 0) is 40.1 Å². The van der Waals surface area contributed by atoms with Gasteiger partial charge in [-0.25, -0.2) is 0 Å². The van der Waals surface area contributed by atoms with Crippen molar-refractivity contribution in [3.63, 3.8) is 0 Å². The number of hydrogen-bond acceptors (Lipinski definition) is 4. The lowest BCUT2D eigenvalue weighted by Crippen LogP contribution is -1.58. The van der Waals surface area contributed by atoms with Crippen LogP contribution in [0.2, 0.25) is 0 Å². The monoisotopic (exact) mass is 207 g/mol. The van der Waals surface area contributed by atoms with Gasteiger partial charge in [0.05, 0.1) is 0 Å². The lowest BCUT2D eigenvalue weighted by molar-refractivity contribution is 1.33. The van der Waals surface area contributed by atoms with Gasteiger partial charge in [-0.05, 0) is 12.1 Å². The van der Waals surface area contributed by atoms with E-state index >= 15 is 0 Å². The van der Waals surface area contributed by atoms with Crippen LogP contribution in [0.25, 0.3) is 0 Å². The van der Waals surface area contributed by atoms with Gasteiger partial charge >= 0.3 is 0 Å². The molecule has 0 radical (unpaired) electrons. The number of nitrogens with zero attached hydrogens (tertiary/aromatic N) is 1. The molecule has 0 saturated carbocycles. The van der Waals surface area contributed by atoms with Crippen LogP contribution in [0.3, 0.4) is 0 Å². The summed E-state index contributed by atoms with van der Waals surface area (Å²) >= 11 is 12.8. The van der Waals surface area contributed by atoms with Crippen LogP contribution in [0.1, 0.15) is 0 Å². The van der Waals surface area contributed by atoms with E-state index in [1.807, 2.05) is 18.2 Å². The summed E-state index contributed by atoms with van der Waals surface area (Å²) in [5.41, 5.74) is 0. The van der Waals surface area contributed by atoms with Crippen molar-refractivity contribution in [3.8, 4) is 0 Å². The molecule has 1 rings (SSSR count). The standard InChI is InChI=1S/C5H5N.S4/c1-2-4-6-5-3-1;1-4(2)3/h1-5H;. The third-order valence-corrected chi connectivity index (χ3v) is 0.566. The van der Waals surface area contributed by atoms with Crippen molar-refractivity contribution >= 4 is 40.1 Å². The summed E-state index contributed by atoms with van der Waals surface area (Å²) in [6, 6.07) is 5.72. The van der Waals surface area contributed by atoms with Gasteiger partial charge < -0.3 is 0 Å². The molecule has 0 aliphatic rings. The smallest absolute Gasteiger partial charge is 0.0267 e. The lowest BCUT2D eigenvalue weighted by atomic mass is 10.5. The summed E-state index contributed by atoms with van der Waals surface area (Å²) in [5, 5.41) is 0. The van der Waals surface area contributed by atoms with E-state index in [4.69, 9.17) is 0 Å². The van der Waals surface area contributed by atoms with E-state index in [0.717, 1.165) is 0 Å². The normalized spacial score (nSPS) is 7.20. The van der Waals surface area contributed by atoms with Crippen LogP contribution in [0.4, 0.5) is 0 Å². The summed E-state index contributed by atoms with van der Waals surface area (Å²) in [6.45, 7) is -0.611. The highest BCUT2D eigenvalue weighted by molar-refractivity contribution is 8.59. The van der Waals surface area contributed by atoms with Crippen LogP contribution in [-0.4, -0.2) is 4.98 Å².